The average Bonchev–Trinajstić information content (AvgIpc) is 2.86. The maximum Gasteiger partial charge on any atom is 0.268 e. The zero-order chi connectivity index (χ0) is 16.1. The van der Waals surface area contributed by atoms with Crippen molar-refractivity contribution < 1.29 is 17.2 Å². The van der Waals surface area contributed by atoms with Crippen LogP contribution in [0.15, 0.2) is 17.0 Å². The molecule has 1 aromatic heterocycles. The molecule has 2 aromatic rings. The summed E-state index contributed by atoms with van der Waals surface area (Å²) in [6.07, 6.45) is 1.30. The smallest absolute Gasteiger partial charge is 0.268 e. The molecule has 118 valence electrons. The Hall–Kier alpha value is -1.96. The molecule has 0 saturated heterocycles. The van der Waals surface area contributed by atoms with Crippen molar-refractivity contribution in [2.24, 2.45) is 0 Å². The highest BCUT2D eigenvalue weighted by atomic mass is 32.2. The molecule has 0 aliphatic carbocycles. The van der Waals surface area contributed by atoms with Crippen LogP contribution in [0.4, 0.5) is 14.6 Å². The summed E-state index contributed by atoms with van der Waals surface area (Å²) < 4.78 is 54.3. The van der Waals surface area contributed by atoms with E-state index in [-0.39, 0.29) is 17.9 Å². The molecule has 1 aromatic carbocycles. The first-order valence-electron chi connectivity index (χ1n) is 6.85. The van der Waals surface area contributed by atoms with Gasteiger partial charge in [-0.15, -0.1) is 0 Å². The third-order valence-electron chi connectivity index (χ3n) is 3.88. The van der Waals surface area contributed by atoms with E-state index in [1.165, 1.54) is 13.0 Å². The van der Waals surface area contributed by atoms with E-state index in [4.69, 9.17) is 0 Å². The van der Waals surface area contributed by atoms with Crippen molar-refractivity contribution in [2.75, 3.05) is 10.8 Å². The quantitative estimate of drug-likeness (QED) is 0.921. The minimum Gasteiger partial charge on any atom is -0.280 e. The number of aryl methyl sites for hydroxylation is 2. The lowest BCUT2D eigenvalue weighted by atomic mass is 10.1. The van der Waals surface area contributed by atoms with E-state index in [1.807, 2.05) is 0 Å². The third kappa shape index (κ3) is 2.09. The Labute approximate surface area is 127 Å². The molecule has 8 heteroatoms. The van der Waals surface area contributed by atoms with E-state index in [2.05, 4.69) is 10.2 Å². The summed E-state index contributed by atoms with van der Waals surface area (Å²) in [6.45, 7) is 3.37. The van der Waals surface area contributed by atoms with Gasteiger partial charge in [-0.1, -0.05) is 6.07 Å². The standard InChI is InChI=1S/C14H15F2N3O2S/c1-8-5-6-11(13(16)12(8)15)22(20,21)19-7-3-4-10-9(2)17-18-14(10)19/h5-6H,3-4,7H2,1-2H3,(H,17,18). The van der Waals surface area contributed by atoms with Crippen LogP contribution in [-0.4, -0.2) is 25.2 Å². The maximum atomic E-state index is 14.1. The van der Waals surface area contributed by atoms with E-state index in [1.54, 1.807) is 6.92 Å². The molecule has 0 amide bonds. The number of hydrogen-bond acceptors (Lipinski definition) is 3. The number of H-pyrrole nitrogens is 1. The molecule has 0 fully saturated rings. The monoisotopic (exact) mass is 327 g/mol. The number of anilines is 1. The number of nitrogens with zero attached hydrogens (tertiary/aromatic N) is 2. The lowest BCUT2D eigenvalue weighted by Crippen LogP contribution is -2.36. The van der Waals surface area contributed by atoms with Crippen LogP contribution in [0.3, 0.4) is 0 Å². The number of aromatic nitrogens is 2. The molecule has 5 nitrogen and oxygen atoms in total. The summed E-state index contributed by atoms with van der Waals surface area (Å²) in [6, 6.07) is 2.35. The molecule has 0 saturated carbocycles. The van der Waals surface area contributed by atoms with Crippen molar-refractivity contribution in [3.8, 4) is 0 Å². The Bertz CT molecular complexity index is 846. The number of fused-ring (bicyclic) bond motifs is 1. The van der Waals surface area contributed by atoms with Gasteiger partial charge in [0.05, 0.1) is 0 Å². The van der Waals surface area contributed by atoms with Crippen LogP contribution in [0.5, 0.6) is 0 Å². The first kappa shape index (κ1) is 15.0. The number of aromatic amines is 1. The van der Waals surface area contributed by atoms with E-state index in [0.29, 0.717) is 12.8 Å². The van der Waals surface area contributed by atoms with Crippen molar-refractivity contribution >= 4 is 15.8 Å². The lowest BCUT2D eigenvalue weighted by molar-refractivity contribution is 0.479. The molecule has 0 unspecified atom stereocenters. The molecular formula is C14H15F2N3O2S. The van der Waals surface area contributed by atoms with E-state index >= 15 is 0 Å². The summed E-state index contributed by atoms with van der Waals surface area (Å²) >= 11 is 0. The topological polar surface area (TPSA) is 66.1 Å². The minimum atomic E-state index is -4.20. The SMILES string of the molecule is Cc1ccc(S(=O)(=O)N2CCCc3c2n[nH]c3C)c(F)c1F. The molecule has 0 spiro atoms. The van der Waals surface area contributed by atoms with Crippen molar-refractivity contribution in [3.63, 3.8) is 0 Å². The summed E-state index contributed by atoms with van der Waals surface area (Å²) in [5, 5.41) is 6.75. The molecule has 3 rings (SSSR count). The fourth-order valence-corrected chi connectivity index (χ4v) is 4.17. The number of halogens is 2. The summed E-state index contributed by atoms with van der Waals surface area (Å²) in [5.74, 6) is -2.22. The predicted octanol–water partition coefficient (Wildman–Crippen LogP) is 2.45. The minimum absolute atomic E-state index is 0.0615. The molecule has 1 N–H and O–H groups in total. The molecular weight excluding hydrogens is 312 g/mol. The van der Waals surface area contributed by atoms with Crippen LogP contribution in [0.1, 0.15) is 23.2 Å². The number of hydrogen-bond donors (Lipinski definition) is 1. The number of benzene rings is 1. The van der Waals surface area contributed by atoms with Crippen LogP contribution < -0.4 is 4.31 Å². The van der Waals surface area contributed by atoms with E-state index < -0.39 is 26.6 Å². The van der Waals surface area contributed by atoms with Gasteiger partial charge in [0, 0.05) is 17.8 Å². The molecule has 2 heterocycles. The normalized spacial score (nSPS) is 15.0. The second kappa shape index (κ2) is 5.05. The van der Waals surface area contributed by atoms with Crippen molar-refractivity contribution in [1.82, 2.24) is 10.2 Å². The summed E-state index contributed by atoms with van der Waals surface area (Å²) in [7, 11) is -4.20. The number of sulfonamides is 1. The fraction of sp³-hybridized carbons (Fsp3) is 0.357. The van der Waals surface area contributed by atoms with Gasteiger partial charge >= 0.3 is 0 Å². The highest BCUT2D eigenvalue weighted by Crippen LogP contribution is 2.33. The predicted molar refractivity (Wildman–Crippen MR) is 77.3 cm³/mol. The second-order valence-electron chi connectivity index (χ2n) is 5.34. The Morgan fingerprint density at radius 2 is 1.95 bits per heavy atom. The molecule has 0 atom stereocenters. The maximum absolute atomic E-state index is 14.1. The Morgan fingerprint density at radius 1 is 1.23 bits per heavy atom. The fourth-order valence-electron chi connectivity index (χ4n) is 2.63. The Morgan fingerprint density at radius 3 is 2.68 bits per heavy atom. The van der Waals surface area contributed by atoms with Gasteiger partial charge in [0.2, 0.25) is 0 Å². The van der Waals surface area contributed by atoms with Crippen molar-refractivity contribution in [3.05, 3.63) is 40.6 Å². The van der Waals surface area contributed by atoms with Crippen LogP contribution >= 0.6 is 0 Å². The first-order valence-corrected chi connectivity index (χ1v) is 8.29. The van der Waals surface area contributed by atoms with Crippen molar-refractivity contribution in [2.45, 2.75) is 31.6 Å². The highest BCUT2D eigenvalue weighted by Gasteiger charge is 2.34. The second-order valence-corrected chi connectivity index (χ2v) is 7.17. The van der Waals surface area contributed by atoms with Gasteiger partial charge in [-0.25, -0.2) is 21.5 Å². The molecule has 0 bridgehead atoms. The average molecular weight is 327 g/mol. The molecule has 1 aliphatic rings. The highest BCUT2D eigenvalue weighted by molar-refractivity contribution is 7.92. The van der Waals surface area contributed by atoms with Gasteiger partial charge < -0.3 is 0 Å². The molecule has 0 radical (unpaired) electrons. The summed E-state index contributed by atoms with van der Waals surface area (Å²) in [5.41, 5.74) is 1.64. The van der Waals surface area contributed by atoms with Crippen LogP contribution in [-0.2, 0) is 16.4 Å². The first-order chi connectivity index (χ1) is 10.3. The largest absolute Gasteiger partial charge is 0.280 e. The van der Waals surface area contributed by atoms with Gasteiger partial charge in [0.25, 0.3) is 10.0 Å². The van der Waals surface area contributed by atoms with Crippen molar-refractivity contribution in [1.29, 1.82) is 0 Å². The van der Waals surface area contributed by atoms with Crippen LogP contribution in [0.25, 0.3) is 0 Å². The zero-order valence-corrected chi connectivity index (χ0v) is 13.0. The van der Waals surface area contributed by atoms with Gasteiger partial charge in [-0.2, -0.15) is 5.10 Å². The third-order valence-corrected chi connectivity index (χ3v) is 5.69. The van der Waals surface area contributed by atoms with Crippen LogP contribution in [0.2, 0.25) is 0 Å². The van der Waals surface area contributed by atoms with Crippen LogP contribution in [0, 0.1) is 25.5 Å². The lowest BCUT2D eigenvalue weighted by Gasteiger charge is -2.27. The Balaban J connectivity index is 2.14. The van der Waals surface area contributed by atoms with E-state index in [9.17, 15) is 17.2 Å². The molecule has 22 heavy (non-hydrogen) atoms. The van der Waals surface area contributed by atoms with E-state index in [0.717, 1.165) is 21.6 Å². The van der Waals surface area contributed by atoms with Gasteiger partial charge in [-0.05, 0) is 38.3 Å². The van der Waals surface area contributed by atoms with Gasteiger partial charge in [0.1, 0.15) is 4.90 Å². The summed E-state index contributed by atoms with van der Waals surface area (Å²) in [4.78, 5) is -0.663. The van der Waals surface area contributed by atoms with Gasteiger partial charge in [-0.3, -0.25) is 5.10 Å². The number of rotatable bonds is 2. The zero-order valence-electron chi connectivity index (χ0n) is 12.2. The Kier molecular flexibility index (Phi) is 3.43. The number of nitrogens with one attached hydrogen (secondary N) is 1. The molecule has 1 aliphatic heterocycles. The van der Waals surface area contributed by atoms with Gasteiger partial charge in [0.15, 0.2) is 17.5 Å².